The summed E-state index contributed by atoms with van der Waals surface area (Å²) in [6, 6.07) is 7.47. The molecule has 0 atom stereocenters. The largest absolute Gasteiger partial charge is 0.417 e. The number of fused-ring (bicyclic) bond motifs is 1. The van der Waals surface area contributed by atoms with Gasteiger partial charge in [0.2, 0.25) is 0 Å². The highest BCUT2D eigenvalue weighted by molar-refractivity contribution is 5.79. The summed E-state index contributed by atoms with van der Waals surface area (Å²) in [5, 5.41) is 4.93. The van der Waals surface area contributed by atoms with Gasteiger partial charge in [0.1, 0.15) is 5.69 Å². The third kappa shape index (κ3) is 2.59. The molecule has 1 aromatic heterocycles. The average Bonchev–Trinajstić information content (AvgIpc) is 2.90. The van der Waals surface area contributed by atoms with Crippen LogP contribution in [0, 0.1) is 0 Å². The van der Waals surface area contributed by atoms with E-state index in [1.807, 2.05) is 29.2 Å². The van der Waals surface area contributed by atoms with E-state index >= 15 is 0 Å². The first kappa shape index (κ1) is 15.3. The zero-order valence-electron chi connectivity index (χ0n) is 12.2. The molecule has 1 fully saturated rings. The summed E-state index contributed by atoms with van der Waals surface area (Å²) < 4.78 is 49.5. The highest BCUT2D eigenvalue weighted by Gasteiger charge is 2.56. The Morgan fingerprint density at radius 1 is 1.27 bits per heavy atom. The zero-order chi connectivity index (χ0) is 15.8. The molecule has 0 saturated carbocycles. The predicted octanol–water partition coefficient (Wildman–Crippen LogP) is 3.37. The molecule has 22 heavy (non-hydrogen) atoms. The van der Waals surface area contributed by atoms with Crippen molar-refractivity contribution in [2.24, 2.45) is 0 Å². The topological polar surface area (TPSA) is 38.5 Å². The minimum Gasteiger partial charge on any atom is -0.369 e. The summed E-state index contributed by atoms with van der Waals surface area (Å²) in [5.41, 5.74) is -0.571. The third-order valence-electron chi connectivity index (χ3n) is 4.40. The Morgan fingerprint density at radius 2 is 1.95 bits per heavy atom. The zero-order valence-corrected chi connectivity index (χ0v) is 12.2. The first-order valence-electron chi connectivity index (χ1n) is 7.13. The molecular weight excluding hydrogens is 297 g/mol. The third-order valence-corrected chi connectivity index (χ3v) is 4.40. The second-order valence-electron chi connectivity index (χ2n) is 5.60. The van der Waals surface area contributed by atoms with Gasteiger partial charge in [0.05, 0.1) is 0 Å². The number of alkyl halides is 3. The molecular formula is C15H17F3N2O2. The molecule has 3 rings (SSSR count). The number of benzene rings is 1. The van der Waals surface area contributed by atoms with Gasteiger partial charge in [0.25, 0.3) is 0 Å². The van der Waals surface area contributed by atoms with E-state index in [2.05, 4.69) is 5.16 Å². The van der Waals surface area contributed by atoms with Crippen molar-refractivity contribution in [1.82, 2.24) is 10.1 Å². The molecule has 0 N–H and O–H groups in total. The number of rotatable bonds is 3. The van der Waals surface area contributed by atoms with Crippen LogP contribution >= 0.6 is 0 Å². The number of ether oxygens (including phenoxy) is 1. The molecule has 0 unspecified atom stereocenters. The van der Waals surface area contributed by atoms with Crippen LogP contribution in [0.4, 0.5) is 13.2 Å². The van der Waals surface area contributed by atoms with E-state index in [0.29, 0.717) is 25.2 Å². The lowest BCUT2D eigenvalue weighted by molar-refractivity contribution is -0.282. The molecule has 2 heterocycles. The van der Waals surface area contributed by atoms with Gasteiger partial charge >= 0.3 is 6.18 Å². The van der Waals surface area contributed by atoms with Crippen molar-refractivity contribution in [3.8, 4) is 0 Å². The Balaban J connectivity index is 1.70. The van der Waals surface area contributed by atoms with Crippen LogP contribution in [0.1, 0.15) is 18.5 Å². The van der Waals surface area contributed by atoms with E-state index in [0.717, 1.165) is 18.2 Å². The molecule has 4 nitrogen and oxygen atoms in total. The first-order chi connectivity index (χ1) is 10.5. The molecule has 1 aromatic carbocycles. The molecule has 0 spiro atoms. The van der Waals surface area contributed by atoms with Gasteiger partial charge in [-0.3, -0.25) is 4.90 Å². The fourth-order valence-electron chi connectivity index (χ4n) is 2.94. The van der Waals surface area contributed by atoms with Crippen molar-refractivity contribution >= 4 is 11.0 Å². The van der Waals surface area contributed by atoms with Gasteiger partial charge in [-0.05, 0) is 25.0 Å². The van der Waals surface area contributed by atoms with Crippen LogP contribution in [0.3, 0.4) is 0 Å². The summed E-state index contributed by atoms with van der Waals surface area (Å²) in [6.07, 6.45) is -4.47. The highest BCUT2D eigenvalue weighted by Crippen LogP contribution is 2.41. The maximum atomic E-state index is 13.1. The second-order valence-corrected chi connectivity index (χ2v) is 5.60. The quantitative estimate of drug-likeness (QED) is 0.870. The lowest BCUT2D eigenvalue weighted by Crippen LogP contribution is -2.54. The van der Waals surface area contributed by atoms with Gasteiger partial charge in [-0.2, -0.15) is 13.2 Å². The lowest BCUT2D eigenvalue weighted by atomic mass is 9.90. The molecule has 0 aliphatic carbocycles. The molecule has 0 bridgehead atoms. The smallest absolute Gasteiger partial charge is 0.369 e. The van der Waals surface area contributed by atoms with Gasteiger partial charge < -0.3 is 9.26 Å². The van der Waals surface area contributed by atoms with Crippen LogP contribution in [-0.2, 0) is 11.3 Å². The van der Waals surface area contributed by atoms with Gasteiger partial charge in [0, 0.05) is 32.1 Å². The van der Waals surface area contributed by atoms with Crippen molar-refractivity contribution in [1.29, 1.82) is 0 Å². The number of hydrogen-bond donors (Lipinski definition) is 0. The highest BCUT2D eigenvalue weighted by atomic mass is 19.4. The van der Waals surface area contributed by atoms with Crippen molar-refractivity contribution in [3.05, 3.63) is 30.0 Å². The van der Waals surface area contributed by atoms with Crippen molar-refractivity contribution in [3.63, 3.8) is 0 Å². The van der Waals surface area contributed by atoms with E-state index < -0.39 is 11.8 Å². The Bertz CT molecular complexity index is 646. The van der Waals surface area contributed by atoms with Gasteiger partial charge in [-0.15, -0.1) is 0 Å². The molecule has 0 radical (unpaired) electrons. The summed E-state index contributed by atoms with van der Waals surface area (Å²) >= 11 is 0. The van der Waals surface area contributed by atoms with Crippen molar-refractivity contribution in [2.45, 2.75) is 31.2 Å². The predicted molar refractivity (Wildman–Crippen MR) is 74.3 cm³/mol. The Labute approximate surface area is 125 Å². The molecule has 1 saturated heterocycles. The first-order valence-corrected chi connectivity index (χ1v) is 7.13. The monoisotopic (exact) mass is 314 g/mol. The Morgan fingerprint density at radius 3 is 2.59 bits per heavy atom. The maximum Gasteiger partial charge on any atom is 0.417 e. The second kappa shape index (κ2) is 5.55. The Hall–Kier alpha value is -1.60. The SMILES string of the molecule is COC1(C(F)(F)F)CCN(Cc2noc3ccccc23)CC1. The fraction of sp³-hybridized carbons (Fsp3) is 0.533. The average molecular weight is 314 g/mol. The summed E-state index contributed by atoms with van der Waals surface area (Å²) in [7, 11) is 1.13. The van der Waals surface area contributed by atoms with Crippen LogP contribution in [0.2, 0.25) is 0 Å². The van der Waals surface area contributed by atoms with Crippen LogP contribution in [0.25, 0.3) is 11.0 Å². The molecule has 7 heteroatoms. The number of likely N-dealkylation sites (tertiary alicyclic amines) is 1. The summed E-state index contributed by atoms with van der Waals surface area (Å²) in [6.45, 7) is 1.11. The number of methoxy groups -OCH3 is 1. The van der Waals surface area contributed by atoms with Crippen LogP contribution < -0.4 is 0 Å². The van der Waals surface area contributed by atoms with Gasteiger partial charge in [-0.25, -0.2) is 0 Å². The van der Waals surface area contributed by atoms with E-state index in [-0.39, 0.29) is 12.8 Å². The molecule has 120 valence electrons. The summed E-state index contributed by atoms with van der Waals surface area (Å²) in [5.74, 6) is 0. The van der Waals surface area contributed by atoms with E-state index in [9.17, 15) is 13.2 Å². The van der Waals surface area contributed by atoms with E-state index in [1.54, 1.807) is 0 Å². The standard InChI is InChI=1S/C15H17F3N2O2/c1-21-14(15(16,17)18)6-8-20(9-7-14)10-12-11-4-2-3-5-13(11)22-19-12/h2-5H,6-10H2,1H3. The number of hydrogen-bond acceptors (Lipinski definition) is 4. The van der Waals surface area contributed by atoms with Crippen LogP contribution in [0.5, 0.6) is 0 Å². The Kier molecular flexibility index (Phi) is 3.86. The number of piperidine rings is 1. The number of aromatic nitrogens is 1. The molecule has 1 aliphatic rings. The van der Waals surface area contributed by atoms with Crippen LogP contribution in [-0.4, -0.2) is 42.0 Å². The molecule has 2 aromatic rings. The number of para-hydroxylation sites is 1. The van der Waals surface area contributed by atoms with Crippen molar-refractivity contribution in [2.75, 3.05) is 20.2 Å². The fourth-order valence-corrected chi connectivity index (χ4v) is 2.94. The lowest BCUT2D eigenvalue weighted by Gasteiger charge is -2.41. The maximum absolute atomic E-state index is 13.1. The van der Waals surface area contributed by atoms with Gasteiger partial charge in [0.15, 0.2) is 11.2 Å². The minimum atomic E-state index is -4.34. The normalized spacial score (nSPS) is 19.6. The van der Waals surface area contributed by atoms with Crippen molar-refractivity contribution < 1.29 is 22.4 Å². The minimum absolute atomic E-state index is 0.0667. The number of halogens is 3. The number of nitrogens with zero attached hydrogens (tertiary/aromatic N) is 2. The summed E-state index contributed by atoms with van der Waals surface area (Å²) in [4.78, 5) is 1.95. The van der Waals surface area contributed by atoms with E-state index in [4.69, 9.17) is 9.26 Å². The molecule has 0 amide bonds. The van der Waals surface area contributed by atoms with Gasteiger partial charge in [-0.1, -0.05) is 17.3 Å². The van der Waals surface area contributed by atoms with E-state index in [1.165, 1.54) is 0 Å². The van der Waals surface area contributed by atoms with Crippen LogP contribution in [0.15, 0.2) is 28.8 Å². The molecule has 1 aliphatic heterocycles.